The van der Waals surface area contributed by atoms with Gasteiger partial charge in [-0.3, -0.25) is 9.59 Å². The van der Waals surface area contributed by atoms with Crippen molar-refractivity contribution in [2.75, 3.05) is 18.5 Å². The van der Waals surface area contributed by atoms with Crippen molar-refractivity contribution in [1.82, 2.24) is 5.32 Å². The van der Waals surface area contributed by atoms with Gasteiger partial charge in [-0.2, -0.15) is 0 Å². The Morgan fingerprint density at radius 3 is 2.37 bits per heavy atom. The molecule has 0 aliphatic heterocycles. The summed E-state index contributed by atoms with van der Waals surface area (Å²) in [4.78, 5) is 36.3. The summed E-state index contributed by atoms with van der Waals surface area (Å²) in [5.74, 6) is -1.16. The summed E-state index contributed by atoms with van der Waals surface area (Å²) < 4.78 is 5.05. The lowest BCUT2D eigenvalue weighted by Gasteiger charge is -2.12. The first-order valence-electron chi connectivity index (χ1n) is 8.46. The number of benzene rings is 2. The van der Waals surface area contributed by atoms with Crippen LogP contribution in [0.3, 0.4) is 0 Å². The number of nitrogens with one attached hydrogen (secondary N) is 2. The SMILES string of the molecule is CC(C)CNC(=O)COC(=O)c1ccccc1NC(=O)c1ccc(Cl)cc1. The van der Waals surface area contributed by atoms with Gasteiger partial charge in [0, 0.05) is 17.1 Å². The molecule has 0 bridgehead atoms. The van der Waals surface area contributed by atoms with E-state index in [4.69, 9.17) is 16.3 Å². The number of hydrogen-bond donors (Lipinski definition) is 2. The predicted molar refractivity (Wildman–Crippen MR) is 104 cm³/mol. The van der Waals surface area contributed by atoms with E-state index in [0.717, 1.165) is 0 Å². The van der Waals surface area contributed by atoms with Crippen LogP contribution in [0.2, 0.25) is 5.02 Å². The van der Waals surface area contributed by atoms with Crippen LogP contribution in [0.5, 0.6) is 0 Å². The summed E-state index contributed by atoms with van der Waals surface area (Å²) in [6.07, 6.45) is 0. The second kappa shape index (κ2) is 9.73. The molecule has 0 atom stereocenters. The highest BCUT2D eigenvalue weighted by Crippen LogP contribution is 2.18. The molecule has 0 aromatic heterocycles. The van der Waals surface area contributed by atoms with Gasteiger partial charge in [0.25, 0.3) is 11.8 Å². The Morgan fingerprint density at radius 2 is 1.70 bits per heavy atom. The first-order chi connectivity index (χ1) is 12.9. The van der Waals surface area contributed by atoms with Crippen LogP contribution in [0, 0.1) is 5.92 Å². The molecule has 0 aliphatic rings. The molecular weight excluding hydrogens is 368 g/mol. The van der Waals surface area contributed by atoms with Crippen molar-refractivity contribution in [3.05, 3.63) is 64.7 Å². The van der Waals surface area contributed by atoms with Crippen LogP contribution in [-0.2, 0) is 9.53 Å². The summed E-state index contributed by atoms with van der Waals surface area (Å²) in [7, 11) is 0. The first kappa shape index (κ1) is 20.5. The number of amides is 2. The highest BCUT2D eigenvalue weighted by Gasteiger charge is 2.16. The minimum atomic E-state index is -0.693. The molecule has 0 radical (unpaired) electrons. The zero-order valence-electron chi connectivity index (χ0n) is 15.1. The summed E-state index contributed by atoms with van der Waals surface area (Å²) in [6, 6.07) is 12.8. The summed E-state index contributed by atoms with van der Waals surface area (Å²) >= 11 is 5.82. The van der Waals surface area contributed by atoms with E-state index in [1.807, 2.05) is 13.8 Å². The van der Waals surface area contributed by atoms with Crippen LogP contribution < -0.4 is 10.6 Å². The number of hydrogen-bond acceptors (Lipinski definition) is 4. The maximum absolute atomic E-state index is 12.3. The van der Waals surface area contributed by atoms with Gasteiger partial charge in [-0.05, 0) is 42.3 Å². The number of para-hydroxylation sites is 1. The zero-order valence-corrected chi connectivity index (χ0v) is 15.9. The fraction of sp³-hybridized carbons (Fsp3) is 0.250. The molecule has 0 heterocycles. The third kappa shape index (κ3) is 6.42. The van der Waals surface area contributed by atoms with Crippen molar-refractivity contribution in [2.24, 2.45) is 5.92 Å². The number of ether oxygens (including phenoxy) is 1. The first-order valence-corrected chi connectivity index (χ1v) is 8.84. The largest absolute Gasteiger partial charge is 0.452 e. The van der Waals surface area contributed by atoms with Gasteiger partial charge < -0.3 is 15.4 Å². The average molecular weight is 389 g/mol. The Hall–Kier alpha value is -2.86. The number of halogens is 1. The second-order valence-electron chi connectivity index (χ2n) is 6.28. The van der Waals surface area contributed by atoms with Gasteiger partial charge in [0.15, 0.2) is 6.61 Å². The van der Waals surface area contributed by atoms with Gasteiger partial charge in [-0.15, -0.1) is 0 Å². The molecule has 2 amide bonds. The highest BCUT2D eigenvalue weighted by molar-refractivity contribution is 6.30. The van der Waals surface area contributed by atoms with E-state index in [2.05, 4.69) is 10.6 Å². The fourth-order valence-corrected chi connectivity index (χ4v) is 2.27. The Morgan fingerprint density at radius 1 is 1.04 bits per heavy atom. The van der Waals surface area contributed by atoms with E-state index < -0.39 is 5.97 Å². The number of esters is 1. The van der Waals surface area contributed by atoms with E-state index in [0.29, 0.717) is 28.7 Å². The zero-order chi connectivity index (χ0) is 19.8. The Kier molecular flexibility index (Phi) is 7.37. The molecule has 2 rings (SSSR count). The van der Waals surface area contributed by atoms with Crippen molar-refractivity contribution in [2.45, 2.75) is 13.8 Å². The van der Waals surface area contributed by atoms with Crippen molar-refractivity contribution in [1.29, 1.82) is 0 Å². The van der Waals surface area contributed by atoms with E-state index in [1.165, 1.54) is 6.07 Å². The maximum Gasteiger partial charge on any atom is 0.340 e. The van der Waals surface area contributed by atoms with Crippen LogP contribution in [0.15, 0.2) is 48.5 Å². The van der Waals surface area contributed by atoms with E-state index in [-0.39, 0.29) is 24.0 Å². The molecule has 0 aliphatic carbocycles. The molecule has 2 aromatic rings. The van der Waals surface area contributed by atoms with Crippen molar-refractivity contribution in [3.63, 3.8) is 0 Å². The summed E-state index contributed by atoms with van der Waals surface area (Å²) in [5, 5.41) is 5.86. The number of carbonyl (C=O) groups is 3. The van der Waals surface area contributed by atoms with Crippen molar-refractivity contribution >= 4 is 35.1 Å². The molecule has 0 spiro atoms. The standard InChI is InChI=1S/C20H21ClN2O4/c1-13(2)11-22-18(24)12-27-20(26)16-5-3-4-6-17(16)23-19(25)14-7-9-15(21)10-8-14/h3-10,13H,11-12H2,1-2H3,(H,22,24)(H,23,25). The Labute approximate surface area is 162 Å². The lowest BCUT2D eigenvalue weighted by atomic mass is 10.1. The molecule has 0 saturated carbocycles. The molecule has 142 valence electrons. The summed E-state index contributed by atoms with van der Waals surface area (Å²) in [6.45, 7) is 4.05. The number of carbonyl (C=O) groups excluding carboxylic acids is 3. The van der Waals surface area contributed by atoms with Crippen LogP contribution in [-0.4, -0.2) is 30.9 Å². The normalized spacial score (nSPS) is 10.4. The lowest BCUT2D eigenvalue weighted by Crippen LogP contribution is -2.31. The monoisotopic (exact) mass is 388 g/mol. The summed E-state index contributed by atoms with van der Waals surface area (Å²) in [5.41, 5.74) is 0.858. The van der Waals surface area contributed by atoms with Gasteiger partial charge in [0.1, 0.15) is 0 Å². The molecule has 7 heteroatoms. The van der Waals surface area contributed by atoms with Gasteiger partial charge in [-0.25, -0.2) is 4.79 Å². The Bertz CT molecular complexity index is 819. The number of rotatable bonds is 7. The van der Waals surface area contributed by atoms with Crippen LogP contribution in [0.1, 0.15) is 34.6 Å². The smallest absolute Gasteiger partial charge is 0.340 e. The third-order valence-electron chi connectivity index (χ3n) is 3.54. The average Bonchev–Trinajstić information content (AvgIpc) is 2.65. The molecule has 6 nitrogen and oxygen atoms in total. The van der Waals surface area contributed by atoms with Gasteiger partial charge in [0.05, 0.1) is 11.3 Å². The van der Waals surface area contributed by atoms with Crippen molar-refractivity contribution < 1.29 is 19.1 Å². The van der Waals surface area contributed by atoms with Crippen LogP contribution in [0.25, 0.3) is 0 Å². The molecular formula is C20H21ClN2O4. The molecule has 0 saturated heterocycles. The van der Waals surface area contributed by atoms with Gasteiger partial charge >= 0.3 is 5.97 Å². The molecule has 27 heavy (non-hydrogen) atoms. The van der Waals surface area contributed by atoms with Crippen LogP contribution in [0.4, 0.5) is 5.69 Å². The maximum atomic E-state index is 12.3. The predicted octanol–water partition coefficient (Wildman–Crippen LogP) is 3.52. The topological polar surface area (TPSA) is 84.5 Å². The minimum Gasteiger partial charge on any atom is -0.452 e. The highest BCUT2D eigenvalue weighted by atomic mass is 35.5. The van der Waals surface area contributed by atoms with E-state index in [9.17, 15) is 14.4 Å². The Balaban J connectivity index is 2.01. The number of anilines is 1. The molecule has 2 aromatic carbocycles. The lowest BCUT2D eigenvalue weighted by molar-refractivity contribution is -0.124. The van der Waals surface area contributed by atoms with Crippen LogP contribution >= 0.6 is 11.6 Å². The van der Waals surface area contributed by atoms with Gasteiger partial charge in [0.2, 0.25) is 0 Å². The van der Waals surface area contributed by atoms with Gasteiger partial charge in [-0.1, -0.05) is 37.6 Å². The molecule has 2 N–H and O–H groups in total. The van der Waals surface area contributed by atoms with E-state index in [1.54, 1.807) is 42.5 Å². The second-order valence-corrected chi connectivity index (χ2v) is 6.72. The quantitative estimate of drug-likeness (QED) is 0.711. The third-order valence-corrected chi connectivity index (χ3v) is 3.80. The van der Waals surface area contributed by atoms with Crippen molar-refractivity contribution in [3.8, 4) is 0 Å². The molecule has 0 fully saturated rings. The fourth-order valence-electron chi connectivity index (χ4n) is 2.14. The molecule has 0 unspecified atom stereocenters. The minimum absolute atomic E-state index is 0.163. The van der Waals surface area contributed by atoms with E-state index >= 15 is 0 Å².